The maximum Gasteiger partial charge on any atom is 0.320 e. The van der Waals surface area contributed by atoms with Gasteiger partial charge in [-0.2, -0.15) is 0 Å². The topological polar surface area (TPSA) is 63.0 Å². The van der Waals surface area contributed by atoms with E-state index < -0.39 is 0 Å². The third-order valence-electron chi connectivity index (χ3n) is 2.06. The Bertz CT molecular complexity index is 467. The van der Waals surface area contributed by atoms with Crippen molar-refractivity contribution in [2.75, 3.05) is 12.4 Å². The van der Waals surface area contributed by atoms with Crippen LogP contribution < -0.4 is 10.6 Å². The number of aromatic nitrogens is 2. The molecular weight excluding hydrogens is 204 g/mol. The molecule has 5 heteroatoms. The molecule has 0 fully saturated rings. The highest BCUT2D eigenvalue weighted by molar-refractivity contribution is 5.52. The van der Waals surface area contributed by atoms with Gasteiger partial charge in [-0.15, -0.1) is 5.10 Å². The fraction of sp³-hybridized carbons (Fsp3) is 0.273. The fourth-order valence-corrected chi connectivity index (χ4v) is 1.37. The van der Waals surface area contributed by atoms with Crippen LogP contribution in [0, 0.1) is 6.92 Å². The highest BCUT2D eigenvalue weighted by atomic mass is 16.4. The van der Waals surface area contributed by atoms with Gasteiger partial charge in [0, 0.05) is 5.69 Å². The van der Waals surface area contributed by atoms with Crippen molar-refractivity contribution in [1.29, 1.82) is 0 Å². The Hall–Kier alpha value is -1.88. The van der Waals surface area contributed by atoms with Crippen molar-refractivity contribution in [2.45, 2.75) is 13.5 Å². The van der Waals surface area contributed by atoms with Crippen molar-refractivity contribution in [3.8, 4) is 0 Å². The van der Waals surface area contributed by atoms with E-state index in [4.69, 9.17) is 4.42 Å². The van der Waals surface area contributed by atoms with E-state index in [9.17, 15) is 0 Å². The number of nitrogens with zero attached hydrogens (tertiary/aromatic N) is 2. The molecule has 0 radical (unpaired) electrons. The Kier molecular flexibility index (Phi) is 3.16. The highest BCUT2D eigenvalue weighted by Crippen LogP contribution is 2.16. The molecule has 1 heterocycles. The lowest BCUT2D eigenvalue weighted by Gasteiger charge is -2.01. The Balaban J connectivity index is 2.08. The number of aryl methyl sites for hydroxylation is 1. The first-order valence-electron chi connectivity index (χ1n) is 5.08. The summed E-state index contributed by atoms with van der Waals surface area (Å²) in [5, 5.41) is 13.8. The van der Waals surface area contributed by atoms with E-state index in [2.05, 4.69) is 20.8 Å². The SMILES string of the molecule is CNCc1nnc(Nc2cccc(C)c2)o1. The second-order valence-electron chi connectivity index (χ2n) is 3.53. The molecule has 2 N–H and O–H groups in total. The number of anilines is 2. The van der Waals surface area contributed by atoms with Crippen LogP contribution in [0.2, 0.25) is 0 Å². The summed E-state index contributed by atoms with van der Waals surface area (Å²) in [6.07, 6.45) is 0. The largest absolute Gasteiger partial charge is 0.406 e. The molecule has 0 aliphatic heterocycles. The van der Waals surface area contributed by atoms with Crippen LogP contribution in [-0.4, -0.2) is 17.2 Å². The maximum absolute atomic E-state index is 5.37. The Morgan fingerprint density at radius 2 is 2.19 bits per heavy atom. The number of hydrogen-bond donors (Lipinski definition) is 2. The fourth-order valence-electron chi connectivity index (χ4n) is 1.37. The zero-order valence-corrected chi connectivity index (χ0v) is 9.32. The van der Waals surface area contributed by atoms with Gasteiger partial charge in [0.15, 0.2) is 0 Å². The molecule has 2 rings (SSSR count). The smallest absolute Gasteiger partial charge is 0.320 e. The van der Waals surface area contributed by atoms with E-state index in [1.54, 1.807) is 0 Å². The minimum absolute atomic E-state index is 0.413. The van der Waals surface area contributed by atoms with E-state index in [1.165, 1.54) is 5.56 Å². The third kappa shape index (κ3) is 2.58. The van der Waals surface area contributed by atoms with E-state index in [1.807, 2.05) is 38.2 Å². The monoisotopic (exact) mass is 218 g/mol. The predicted molar refractivity (Wildman–Crippen MR) is 61.5 cm³/mol. The summed E-state index contributed by atoms with van der Waals surface area (Å²) >= 11 is 0. The summed E-state index contributed by atoms with van der Waals surface area (Å²) < 4.78 is 5.37. The zero-order valence-electron chi connectivity index (χ0n) is 9.32. The summed E-state index contributed by atoms with van der Waals surface area (Å²) in [6, 6.07) is 8.39. The maximum atomic E-state index is 5.37. The van der Waals surface area contributed by atoms with Gasteiger partial charge in [-0.25, -0.2) is 0 Å². The number of hydrogen-bond acceptors (Lipinski definition) is 5. The quantitative estimate of drug-likeness (QED) is 0.819. The first kappa shape index (κ1) is 10.6. The molecule has 0 amide bonds. The average molecular weight is 218 g/mol. The van der Waals surface area contributed by atoms with Gasteiger partial charge in [0.05, 0.1) is 6.54 Å². The van der Waals surface area contributed by atoms with E-state index >= 15 is 0 Å². The highest BCUT2D eigenvalue weighted by Gasteiger charge is 2.04. The van der Waals surface area contributed by atoms with Crippen molar-refractivity contribution in [2.24, 2.45) is 0 Å². The lowest BCUT2D eigenvalue weighted by atomic mass is 10.2. The van der Waals surface area contributed by atoms with Gasteiger partial charge in [-0.1, -0.05) is 17.2 Å². The van der Waals surface area contributed by atoms with Crippen LogP contribution in [0.15, 0.2) is 28.7 Å². The van der Waals surface area contributed by atoms with Crippen molar-refractivity contribution >= 4 is 11.7 Å². The molecule has 1 aromatic carbocycles. The molecule has 0 aliphatic carbocycles. The number of benzene rings is 1. The van der Waals surface area contributed by atoms with Crippen LogP contribution in [-0.2, 0) is 6.54 Å². The zero-order chi connectivity index (χ0) is 11.4. The lowest BCUT2D eigenvalue weighted by molar-refractivity contribution is 0.493. The normalized spacial score (nSPS) is 10.4. The van der Waals surface area contributed by atoms with Crippen LogP contribution >= 0.6 is 0 Å². The van der Waals surface area contributed by atoms with Gasteiger partial charge in [0.25, 0.3) is 0 Å². The van der Waals surface area contributed by atoms with E-state index in [0.717, 1.165) is 5.69 Å². The summed E-state index contributed by atoms with van der Waals surface area (Å²) in [7, 11) is 1.83. The molecule has 2 aromatic rings. The molecule has 0 aliphatic rings. The first-order valence-corrected chi connectivity index (χ1v) is 5.08. The van der Waals surface area contributed by atoms with Crippen molar-refractivity contribution in [3.05, 3.63) is 35.7 Å². The minimum atomic E-state index is 0.413. The molecule has 0 unspecified atom stereocenters. The van der Waals surface area contributed by atoms with Crippen LogP contribution in [0.25, 0.3) is 0 Å². The Labute approximate surface area is 93.9 Å². The number of nitrogens with one attached hydrogen (secondary N) is 2. The molecule has 0 bridgehead atoms. The van der Waals surface area contributed by atoms with Crippen molar-refractivity contribution in [1.82, 2.24) is 15.5 Å². The van der Waals surface area contributed by atoms with E-state index in [0.29, 0.717) is 18.5 Å². The standard InChI is InChI=1S/C11H14N4O/c1-8-4-3-5-9(6-8)13-11-15-14-10(16-11)7-12-2/h3-6,12H,7H2,1-2H3,(H,13,15). The van der Waals surface area contributed by atoms with Gasteiger partial charge in [-0.05, 0) is 31.7 Å². The molecule has 1 aromatic heterocycles. The van der Waals surface area contributed by atoms with Crippen molar-refractivity contribution < 1.29 is 4.42 Å². The summed E-state index contributed by atoms with van der Waals surface area (Å²) in [4.78, 5) is 0. The molecule has 0 saturated carbocycles. The van der Waals surface area contributed by atoms with E-state index in [-0.39, 0.29) is 0 Å². The second-order valence-corrected chi connectivity index (χ2v) is 3.53. The van der Waals surface area contributed by atoms with Crippen LogP contribution in [0.1, 0.15) is 11.5 Å². The molecule has 5 nitrogen and oxygen atoms in total. The molecule has 0 saturated heterocycles. The van der Waals surface area contributed by atoms with Gasteiger partial charge in [0.2, 0.25) is 5.89 Å². The first-order chi connectivity index (χ1) is 7.78. The van der Waals surface area contributed by atoms with Gasteiger partial charge in [-0.3, -0.25) is 0 Å². The predicted octanol–water partition coefficient (Wildman–Crippen LogP) is 1.84. The average Bonchev–Trinajstić information content (AvgIpc) is 2.66. The van der Waals surface area contributed by atoms with Crippen molar-refractivity contribution in [3.63, 3.8) is 0 Å². The third-order valence-corrected chi connectivity index (χ3v) is 2.06. The van der Waals surface area contributed by atoms with Crippen LogP contribution in [0.5, 0.6) is 0 Å². The molecular formula is C11H14N4O. The van der Waals surface area contributed by atoms with Crippen LogP contribution in [0.3, 0.4) is 0 Å². The minimum Gasteiger partial charge on any atom is -0.406 e. The lowest BCUT2D eigenvalue weighted by Crippen LogP contribution is -2.04. The number of rotatable bonds is 4. The molecule has 84 valence electrons. The van der Waals surface area contributed by atoms with Crippen LogP contribution in [0.4, 0.5) is 11.7 Å². The van der Waals surface area contributed by atoms with Gasteiger partial charge < -0.3 is 15.1 Å². The van der Waals surface area contributed by atoms with Gasteiger partial charge >= 0.3 is 6.01 Å². The summed E-state index contributed by atoms with van der Waals surface area (Å²) in [5.41, 5.74) is 2.12. The molecule has 16 heavy (non-hydrogen) atoms. The molecule has 0 atom stereocenters. The Morgan fingerprint density at radius 3 is 2.94 bits per heavy atom. The Morgan fingerprint density at radius 1 is 1.31 bits per heavy atom. The molecule has 0 spiro atoms. The summed E-state index contributed by atoms with van der Waals surface area (Å²) in [5.74, 6) is 0.567. The second kappa shape index (κ2) is 4.76. The van der Waals surface area contributed by atoms with Gasteiger partial charge in [0.1, 0.15) is 0 Å². The summed E-state index contributed by atoms with van der Waals surface area (Å²) in [6.45, 7) is 2.61.